The first-order chi connectivity index (χ1) is 19.6. The lowest BCUT2D eigenvalue weighted by molar-refractivity contribution is -0.140. The molecule has 2 amide bonds. The normalized spacial score (nSPS) is 14.4. The van der Waals surface area contributed by atoms with Crippen molar-refractivity contribution >= 4 is 27.5 Å². The first kappa shape index (κ1) is 30.3. The van der Waals surface area contributed by atoms with Gasteiger partial charge in [-0.2, -0.15) is 0 Å². The Labute approximate surface area is 244 Å². The van der Waals surface area contributed by atoms with E-state index in [2.05, 4.69) is 5.32 Å². The largest absolute Gasteiger partial charge is 0.352 e. The molecule has 8 heteroatoms. The number of hydrogen-bond donors (Lipinski definition) is 1. The number of carbonyl (C=O) groups is 2. The number of aryl methyl sites for hydroxylation is 3. The summed E-state index contributed by atoms with van der Waals surface area (Å²) in [6.45, 7) is 7.40. The third-order valence-corrected chi connectivity index (χ3v) is 9.49. The van der Waals surface area contributed by atoms with Gasteiger partial charge in [0.15, 0.2) is 0 Å². The first-order valence-corrected chi connectivity index (χ1v) is 15.8. The van der Waals surface area contributed by atoms with Crippen LogP contribution in [0.1, 0.15) is 61.3 Å². The van der Waals surface area contributed by atoms with Crippen LogP contribution in [-0.4, -0.2) is 43.8 Å². The number of amides is 2. The molecule has 1 aliphatic rings. The van der Waals surface area contributed by atoms with Crippen molar-refractivity contribution in [2.45, 2.75) is 83.3 Å². The minimum Gasteiger partial charge on any atom is -0.352 e. The van der Waals surface area contributed by atoms with Crippen molar-refractivity contribution in [3.05, 3.63) is 95.1 Å². The molecule has 1 atom stereocenters. The van der Waals surface area contributed by atoms with E-state index in [1.54, 1.807) is 47.4 Å². The average molecular weight is 576 g/mol. The highest BCUT2D eigenvalue weighted by Gasteiger charge is 2.34. The van der Waals surface area contributed by atoms with Gasteiger partial charge in [-0.05, 0) is 75.4 Å². The second kappa shape index (κ2) is 13.3. The van der Waals surface area contributed by atoms with Gasteiger partial charge in [0, 0.05) is 12.6 Å². The van der Waals surface area contributed by atoms with Gasteiger partial charge in [0.2, 0.25) is 11.8 Å². The number of nitrogens with zero attached hydrogens (tertiary/aromatic N) is 2. The number of benzene rings is 3. The molecule has 1 N–H and O–H groups in total. The number of rotatable bonds is 11. The fraction of sp³-hybridized carbons (Fsp3) is 0.394. The quantitative estimate of drug-likeness (QED) is 0.319. The van der Waals surface area contributed by atoms with E-state index in [9.17, 15) is 18.0 Å². The van der Waals surface area contributed by atoms with E-state index in [0.29, 0.717) is 12.1 Å². The lowest BCUT2D eigenvalue weighted by Crippen LogP contribution is -2.53. The van der Waals surface area contributed by atoms with E-state index < -0.39 is 28.5 Å². The van der Waals surface area contributed by atoms with E-state index in [0.717, 1.165) is 52.2 Å². The smallest absolute Gasteiger partial charge is 0.264 e. The zero-order chi connectivity index (χ0) is 29.6. The van der Waals surface area contributed by atoms with Gasteiger partial charge in [0.25, 0.3) is 10.0 Å². The van der Waals surface area contributed by atoms with E-state index in [1.165, 1.54) is 0 Å². The monoisotopic (exact) mass is 575 g/mol. The topological polar surface area (TPSA) is 86.8 Å². The van der Waals surface area contributed by atoms with Gasteiger partial charge in [-0.15, -0.1) is 0 Å². The number of nitrogens with one attached hydrogen (secondary N) is 1. The fourth-order valence-electron chi connectivity index (χ4n) is 5.44. The number of anilines is 1. The van der Waals surface area contributed by atoms with Crippen molar-refractivity contribution < 1.29 is 18.0 Å². The number of carbonyl (C=O) groups excluding carboxylic acids is 2. The van der Waals surface area contributed by atoms with Crippen LogP contribution < -0.4 is 9.62 Å². The maximum atomic E-state index is 14.2. The van der Waals surface area contributed by atoms with Crippen LogP contribution in [0.3, 0.4) is 0 Å². The van der Waals surface area contributed by atoms with Crippen LogP contribution in [-0.2, 0) is 26.2 Å². The molecule has 1 saturated carbocycles. The highest BCUT2D eigenvalue weighted by atomic mass is 32.2. The molecule has 0 bridgehead atoms. The van der Waals surface area contributed by atoms with E-state index in [4.69, 9.17) is 0 Å². The molecule has 218 valence electrons. The van der Waals surface area contributed by atoms with Gasteiger partial charge in [0.05, 0.1) is 10.6 Å². The molecule has 0 aliphatic heterocycles. The van der Waals surface area contributed by atoms with Gasteiger partial charge in [-0.1, -0.05) is 79.4 Å². The number of hydrogen-bond acceptors (Lipinski definition) is 4. The lowest BCUT2D eigenvalue weighted by atomic mass is 10.1. The van der Waals surface area contributed by atoms with E-state index in [-0.39, 0.29) is 23.4 Å². The summed E-state index contributed by atoms with van der Waals surface area (Å²) in [5.41, 5.74) is 4.14. The van der Waals surface area contributed by atoms with Crippen molar-refractivity contribution in [1.29, 1.82) is 0 Å². The highest BCUT2D eigenvalue weighted by molar-refractivity contribution is 7.92. The minimum absolute atomic E-state index is 0.105. The summed E-state index contributed by atoms with van der Waals surface area (Å²) >= 11 is 0. The van der Waals surface area contributed by atoms with Crippen LogP contribution in [0.2, 0.25) is 0 Å². The Morgan fingerprint density at radius 3 is 2.12 bits per heavy atom. The van der Waals surface area contributed by atoms with Crippen LogP contribution in [0.25, 0.3) is 0 Å². The molecule has 1 fully saturated rings. The van der Waals surface area contributed by atoms with Crippen molar-refractivity contribution in [3.8, 4) is 0 Å². The third-order valence-electron chi connectivity index (χ3n) is 7.70. The van der Waals surface area contributed by atoms with Crippen molar-refractivity contribution in [2.24, 2.45) is 0 Å². The molecule has 3 aromatic carbocycles. The minimum atomic E-state index is -4.08. The van der Waals surface area contributed by atoms with Crippen LogP contribution in [0.5, 0.6) is 0 Å². The molecule has 0 saturated heterocycles. The molecular formula is C33H41N3O4S. The Morgan fingerprint density at radius 2 is 1.51 bits per heavy atom. The Morgan fingerprint density at radius 1 is 0.878 bits per heavy atom. The Kier molecular flexibility index (Phi) is 9.86. The maximum Gasteiger partial charge on any atom is 0.264 e. The van der Waals surface area contributed by atoms with E-state index >= 15 is 0 Å². The van der Waals surface area contributed by atoms with Gasteiger partial charge in [-0.3, -0.25) is 13.9 Å². The standard InChI is InChI=1S/C33H41N3O4S/c1-5-31(33(38)34-28-13-6-7-14-28)35(22-27-12-8-10-25(3)20-27)32(37)23-36(29-15-9-11-26(4)21-29)41(39,40)30-18-16-24(2)17-19-30/h8-12,15-21,28,31H,5-7,13-14,22-23H2,1-4H3,(H,34,38)/t31-/m0/s1. The van der Waals surface area contributed by atoms with Crippen LogP contribution in [0, 0.1) is 20.8 Å². The van der Waals surface area contributed by atoms with Gasteiger partial charge >= 0.3 is 0 Å². The second-order valence-electron chi connectivity index (χ2n) is 11.1. The molecular weight excluding hydrogens is 534 g/mol. The molecule has 1 aliphatic carbocycles. The molecule has 7 nitrogen and oxygen atoms in total. The molecule has 0 aromatic heterocycles. The zero-order valence-corrected chi connectivity index (χ0v) is 25.3. The van der Waals surface area contributed by atoms with Crippen LogP contribution >= 0.6 is 0 Å². The molecule has 4 rings (SSSR count). The van der Waals surface area contributed by atoms with Gasteiger partial charge in [-0.25, -0.2) is 8.42 Å². The van der Waals surface area contributed by atoms with Crippen molar-refractivity contribution in [3.63, 3.8) is 0 Å². The van der Waals surface area contributed by atoms with Crippen molar-refractivity contribution in [1.82, 2.24) is 10.2 Å². The Hall–Kier alpha value is -3.65. The molecule has 0 spiro atoms. The van der Waals surface area contributed by atoms with Gasteiger partial charge < -0.3 is 10.2 Å². The summed E-state index contributed by atoms with van der Waals surface area (Å²) in [5.74, 6) is -0.624. The van der Waals surface area contributed by atoms with Crippen LogP contribution in [0.15, 0.2) is 77.7 Å². The number of sulfonamides is 1. The van der Waals surface area contributed by atoms with Crippen molar-refractivity contribution in [2.75, 3.05) is 10.8 Å². The summed E-state index contributed by atoms with van der Waals surface area (Å²) in [6, 6.07) is 20.9. The zero-order valence-electron chi connectivity index (χ0n) is 24.5. The predicted molar refractivity (Wildman–Crippen MR) is 163 cm³/mol. The van der Waals surface area contributed by atoms with E-state index in [1.807, 2.05) is 58.0 Å². The summed E-state index contributed by atoms with van der Waals surface area (Å²) < 4.78 is 29.2. The van der Waals surface area contributed by atoms with Gasteiger partial charge in [0.1, 0.15) is 12.6 Å². The molecule has 0 radical (unpaired) electrons. The first-order valence-electron chi connectivity index (χ1n) is 14.4. The second-order valence-corrected chi connectivity index (χ2v) is 13.0. The summed E-state index contributed by atoms with van der Waals surface area (Å²) in [7, 11) is -4.08. The molecule has 0 heterocycles. The summed E-state index contributed by atoms with van der Waals surface area (Å²) in [6.07, 6.45) is 4.44. The summed E-state index contributed by atoms with van der Waals surface area (Å²) in [5, 5.41) is 3.15. The van der Waals surface area contributed by atoms with Crippen LogP contribution in [0.4, 0.5) is 5.69 Å². The SMILES string of the molecule is CC[C@@H](C(=O)NC1CCCC1)N(Cc1cccc(C)c1)C(=O)CN(c1cccc(C)c1)S(=O)(=O)c1ccc(C)cc1. The highest BCUT2D eigenvalue weighted by Crippen LogP contribution is 2.26. The Bertz CT molecular complexity index is 1460. The molecule has 3 aromatic rings. The lowest BCUT2D eigenvalue weighted by Gasteiger charge is -2.34. The average Bonchev–Trinajstić information content (AvgIpc) is 3.44. The maximum absolute atomic E-state index is 14.2. The fourth-order valence-corrected chi connectivity index (χ4v) is 6.85. The summed E-state index contributed by atoms with van der Waals surface area (Å²) in [4.78, 5) is 29.4. The predicted octanol–water partition coefficient (Wildman–Crippen LogP) is 5.67. The molecule has 0 unspecified atom stereocenters. The Balaban J connectivity index is 1.71. The third kappa shape index (κ3) is 7.55. The molecule has 41 heavy (non-hydrogen) atoms.